The highest BCUT2D eigenvalue weighted by molar-refractivity contribution is 9.10. The number of carbonyl (C=O) groups is 1. The van der Waals surface area contributed by atoms with Gasteiger partial charge in [0.2, 0.25) is 5.91 Å². The summed E-state index contributed by atoms with van der Waals surface area (Å²) in [6.07, 6.45) is 0.511. The van der Waals surface area contributed by atoms with Gasteiger partial charge in [-0.05, 0) is 29.7 Å². The summed E-state index contributed by atoms with van der Waals surface area (Å²) in [6.45, 7) is 6.49. The molecule has 1 aliphatic rings. The van der Waals surface area contributed by atoms with Crippen molar-refractivity contribution in [3.05, 3.63) is 69.7 Å². The van der Waals surface area contributed by atoms with Gasteiger partial charge in [0.15, 0.2) is 0 Å². The molecular weight excluding hydrogens is 364 g/mol. The van der Waals surface area contributed by atoms with Crippen LogP contribution in [0.4, 0.5) is 0 Å². The van der Waals surface area contributed by atoms with Crippen molar-refractivity contribution in [2.45, 2.75) is 19.9 Å². The normalized spacial score (nSPS) is 15.5. The number of aryl methyl sites for hydroxylation is 1. The van der Waals surface area contributed by atoms with Crippen molar-refractivity contribution in [3.8, 4) is 0 Å². The summed E-state index contributed by atoms with van der Waals surface area (Å²) >= 11 is 3.61. The van der Waals surface area contributed by atoms with Crippen molar-refractivity contribution >= 4 is 21.8 Å². The molecule has 0 aliphatic carbocycles. The van der Waals surface area contributed by atoms with Gasteiger partial charge in [-0.1, -0.05) is 58.4 Å². The lowest BCUT2D eigenvalue weighted by atomic mass is 10.1. The van der Waals surface area contributed by atoms with E-state index < -0.39 is 0 Å². The smallest absolute Gasteiger partial charge is 0.227 e. The lowest BCUT2D eigenvalue weighted by Crippen LogP contribution is -2.48. The molecule has 0 radical (unpaired) electrons. The molecular formula is C20H23BrN2O. The molecule has 2 aromatic carbocycles. The summed E-state index contributed by atoms with van der Waals surface area (Å²) in [7, 11) is 0. The predicted molar refractivity (Wildman–Crippen MR) is 101 cm³/mol. The highest BCUT2D eigenvalue weighted by Gasteiger charge is 2.21. The summed E-state index contributed by atoms with van der Waals surface area (Å²) in [5, 5.41) is 0. The van der Waals surface area contributed by atoms with Crippen LogP contribution < -0.4 is 0 Å². The van der Waals surface area contributed by atoms with E-state index in [0.29, 0.717) is 6.42 Å². The molecule has 1 aliphatic heterocycles. The summed E-state index contributed by atoms with van der Waals surface area (Å²) in [6, 6.07) is 16.5. The van der Waals surface area contributed by atoms with Crippen LogP contribution in [-0.2, 0) is 17.8 Å². The standard InChI is InChI=1S/C20H23BrN2O/c1-16-6-2-3-7-17(16)14-20(24)23-12-10-22(11-13-23)15-18-8-4-5-9-19(18)21/h2-9H,10-15H2,1H3. The second-order valence-corrected chi connectivity index (χ2v) is 7.21. The quantitative estimate of drug-likeness (QED) is 0.800. The summed E-state index contributed by atoms with van der Waals surface area (Å²) in [4.78, 5) is 17.0. The highest BCUT2D eigenvalue weighted by atomic mass is 79.9. The van der Waals surface area contributed by atoms with Crippen LogP contribution in [0.15, 0.2) is 53.0 Å². The molecule has 1 heterocycles. The van der Waals surface area contributed by atoms with Crippen LogP contribution in [-0.4, -0.2) is 41.9 Å². The van der Waals surface area contributed by atoms with Crippen molar-refractivity contribution in [1.82, 2.24) is 9.80 Å². The maximum atomic E-state index is 12.5. The number of amides is 1. The van der Waals surface area contributed by atoms with E-state index in [1.807, 2.05) is 23.1 Å². The number of hydrogen-bond donors (Lipinski definition) is 0. The lowest BCUT2D eigenvalue weighted by molar-refractivity contribution is -0.132. The zero-order valence-corrected chi connectivity index (χ0v) is 15.6. The minimum atomic E-state index is 0.241. The molecule has 3 nitrogen and oxygen atoms in total. The number of benzene rings is 2. The van der Waals surface area contributed by atoms with Crippen molar-refractivity contribution < 1.29 is 4.79 Å². The Labute approximate surface area is 152 Å². The first kappa shape index (κ1) is 17.2. The Bertz CT molecular complexity index is 708. The van der Waals surface area contributed by atoms with Crippen LogP contribution in [0.3, 0.4) is 0 Å². The molecule has 24 heavy (non-hydrogen) atoms. The van der Waals surface area contributed by atoms with Crippen LogP contribution in [0.25, 0.3) is 0 Å². The van der Waals surface area contributed by atoms with Gasteiger partial charge in [0.25, 0.3) is 0 Å². The number of halogens is 1. The molecule has 0 saturated carbocycles. The Morgan fingerprint density at radius 2 is 1.58 bits per heavy atom. The van der Waals surface area contributed by atoms with E-state index in [4.69, 9.17) is 0 Å². The van der Waals surface area contributed by atoms with Crippen LogP contribution in [0.2, 0.25) is 0 Å². The van der Waals surface area contributed by atoms with Crippen molar-refractivity contribution in [1.29, 1.82) is 0 Å². The summed E-state index contributed by atoms with van der Waals surface area (Å²) in [5.41, 5.74) is 3.63. The van der Waals surface area contributed by atoms with Crippen LogP contribution in [0.5, 0.6) is 0 Å². The van der Waals surface area contributed by atoms with Crippen LogP contribution >= 0.6 is 15.9 Å². The predicted octanol–water partition coefficient (Wildman–Crippen LogP) is 3.64. The van der Waals surface area contributed by atoms with Gasteiger partial charge in [-0.25, -0.2) is 0 Å². The third-order valence-electron chi connectivity index (χ3n) is 4.68. The molecule has 4 heteroatoms. The van der Waals surface area contributed by atoms with Crippen LogP contribution in [0, 0.1) is 6.92 Å². The van der Waals surface area contributed by atoms with Gasteiger partial charge >= 0.3 is 0 Å². The number of piperazine rings is 1. The van der Waals surface area contributed by atoms with Gasteiger partial charge < -0.3 is 4.90 Å². The van der Waals surface area contributed by atoms with Gasteiger partial charge in [-0.2, -0.15) is 0 Å². The number of carbonyl (C=O) groups excluding carboxylic acids is 1. The average molecular weight is 387 g/mol. The monoisotopic (exact) mass is 386 g/mol. The summed E-state index contributed by atoms with van der Waals surface area (Å²) in [5.74, 6) is 0.241. The first-order valence-electron chi connectivity index (χ1n) is 8.41. The zero-order valence-electron chi connectivity index (χ0n) is 14.0. The van der Waals surface area contributed by atoms with E-state index in [1.54, 1.807) is 0 Å². The Morgan fingerprint density at radius 1 is 0.958 bits per heavy atom. The summed E-state index contributed by atoms with van der Waals surface area (Å²) < 4.78 is 1.16. The van der Waals surface area contributed by atoms with E-state index >= 15 is 0 Å². The van der Waals surface area contributed by atoms with Gasteiger partial charge in [0.05, 0.1) is 6.42 Å². The fourth-order valence-corrected chi connectivity index (χ4v) is 3.52. The molecule has 0 N–H and O–H groups in total. The number of rotatable bonds is 4. The van der Waals surface area contributed by atoms with E-state index in [-0.39, 0.29) is 5.91 Å². The van der Waals surface area contributed by atoms with Gasteiger partial charge in [-0.3, -0.25) is 9.69 Å². The zero-order chi connectivity index (χ0) is 16.9. The molecule has 0 spiro atoms. The Hall–Kier alpha value is -1.65. The van der Waals surface area contributed by atoms with E-state index in [0.717, 1.165) is 42.8 Å². The van der Waals surface area contributed by atoms with Crippen molar-refractivity contribution in [3.63, 3.8) is 0 Å². The molecule has 0 unspecified atom stereocenters. The minimum absolute atomic E-state index is 0.241. The number of nitrogens with zero attached hydrogens (tertiary/aromatic N) is 2. The highest BCUT2D eigenvalue weighted by Crippen LogP contribution is 2.19. The van der Waals surface area contributed by atoms with Crippen molar-refractivity contribution in [2.75, 3.05) is 26.2 Å². The Balaban J connectivity index is 1.52. The molecule has 0 bridgehead atoms. The average Bonchev–Trinajstić information content (AvgIpc) is 2.59. The fourth-order valence-electron chi connectivity index (χ4n) is 3.11. The number of hydrogen-bond acceptors (Lipinski definition) is 2. The lowest BCUT2D eigenvalue weighted by Gasteiger charge is -2.35. The van der Waals surface area contributed by atoms with Crippen LogP contribution in [0.1, 0.15) is 16.7 Å². The van der Waals surface area contributed by atoms with Gasteiger partial charge in [0.1, 0.15) is 0 Å². The second kappa shape index (κ2) is 7.95. The third kappa shape index (κ3) is 4.25. The first-order valence-corrected chi connectivity index (χ1v) is 9.21. The van der Waals surface area contributed by atoms with Crippen molar-refractivity contribution in [2.24, 2.45) is 0 Å². The Kier molecular flexibility index (Phi) is 5.69. The molecule has 126 valence electrons. The molecule has 1 fully saturated rings. The van der Waals surface area contributed by atoms with E-state index in [2.05, 4.69) is 58.1 Å². The Morgan fingerprint density at radius 3 is 2.25 bits per heavy atom. The SMILES string of the molecule is Cc1ccccc1CC(=O)N1CCN(Cc2ccccc2Br)CC1. The molecule has 1 saturated heterocycles. The molecule has 0 aromatic heterocycles. The minimum Gasteiger partial charge on any atom is -0.340 e. The van der Waals surface area contributed by atoms with E-state index in [1.165, 1.54) is 11.1 Å². The second-order valence-electron chi connectivity index (χ2n) is 6.35. The van der Waals surface area contributed by atoms with E-state index in [9.17, 15) is 4.79 Å². The maximum Gasteiger partial charge on any atom is 0.227 e. The largest absolute Gasteiger partial charge is 0.340 e. The first-order chi connectivity index (χ1) is 11.6. The topological polar surface area (TPSA) is 23.6 Å². The fraction of sp³-hybridized carbons (Fsp3) is 0.350. The molecule has 2 aromatic rings. The molecule has 1 amide bonds. The third-order valence-corrected chi connectivity index (χ3v) is 5.45. The molecule has 0 atom stereocenters. The van der Waals surface area contributed by atoms with Gasteiger partial charge in [0, 0.05) is 37.2 Å². The molecule has 3 rings (SSSR count). The van der Waals surface area contributed by atoms with Gasteiger partial charge in [-0.15, -0.1) is 0 Å². The maximum absolute atomic E-state index is 12.5.